The fourth-order valence-electron chi connectivity index (χ4n) is 5.31. The van der Waals surface area contributed by atoms with E-state index in [0.717, 1.165) is 24.8 Å². The molecule has 2 amide bonds. The summed E-state index contributed by atoms with van der Waals surface area (Å²) in [4.78, 5) is 39.8. The van der Waals surface area contributed by atoms with Crippen molar-refractivity contribution in [1.82, 2.24) is 4.90 Å². The van der Waals surface area contributed by atoms with Crippen LogP contribution in [0.15, 0.2) is 35.6 Å². The molecule has 3 heterocycles. The molecule has 4 aliphatic rings. The number of carbonyl (C=O) groups excluding carboxylic acids is 3. The van der Waals surface area contributed by atoms with E-state index in [1.807, 2.05) is 0 Å². The third-order valence-corrected chi connectivity index (χ3v) is 7.28. The molecule has 5 unspecified atom stereocenters. The van der Waals surface area contributed by atoms with Crippen LogP contribution in [0.25, 0.3) is 0 Å². The zero-order valence-corrected chi connectivity index (χ0v) is 19.0. The van der Waals surface area contributed by atoms with Gasteiger partial charge in [0.2, 0.25) is 0 Å². The molecule has 1 aliphatic carbocycles. The highest BCUT2D eigenvalue weighted by atomic mass is 35.5. The van der Waals surface area contributed by atoms with Gasteiger partial charge >= 0.3 is 0 Å². The zero-order valence-electron chi connectivity index (χ0n) is 18.2. The van der Waals surface area contributed by atoms with Gasteiger partial charge in [-0.2, -0.15) is 0 Å². The van der Waals surface area contributed by atoms with E-state index in [0.29, 0.717) is 37.3 Å². The molecule has 8 nitrogen and oxygen atoms in total. The average molecular weight is 475 g/mol. The summed E-state index contributed by atoms with van der Waals surface area (Å²) in [5.74, 6) is -0.566. The Hall–Kier alpha value is -2.58. The second-order valence-electron chi connectivity index (χ2n) is 9.10. The first-order valence-electron chi connectivity index (χ1n) is 11.4. The fourth-order valence-corrected chi connectivity index (χ4v) is 5.62. The Labute approximate surface area is 197 Å². The summed E-state index contributed by atoms with van der Waals surface area (Å²) in [6.07, 6.45) is 3.43. The van der Waals surface area contributed by atoms with Crippen molar-refractivity contribution in [1.29, 1.82) is 0 Å². The molecule has 1 aromatic carbocycles. The Kier molecular flexibility index (Phi) is 6.05. The second-order valence-corrected chi connectivity index (χ2v) is 9.72. The lowest BCUT2D eigenvalue weighted by molar-refractivity contribution is -0.136. The molecule has 5 rings (SSSR count). The van der Waals surface area contributed by atoms with E-state index >= 15 is 0 Å². The van der Waals surface area contributed by atoms with Crippen LogP contribution >= 0.6 is 11.6 Å². The standard InChI is InChI=1S/C24H27ClN2O6/c25-14-5-8-18-17(10-14)22(29)20-21(13-3-6-15(7-4-13)32-12-19(26)28)27(24(30)23(20)33-18)11-16-2-1-9-31-16/h3-4,6-7,14,16-18,21H,1-2,5,8-12H2,(H2,26,28). The van der Waals surface area contributed by atoms with E-state index in [2.05, 4.69) is 0 Å². The first kappa shape index (κ1) is 22.2. The number of primary amides is 1. The Morgan fingerprint density at radius 3 is 2.67 bits per heavy atom. The molecule has 2 fully saturated rings. The normalized spacial score (nSPS) is 31.3. The van der Waals surface area contributed by atoms with Crippen LogP contribution in [0.4, 0.5) is 0 Å². The van der Waals surface area contributed by atoms with Gasteiger partial charge in [0, 0.05) is 18.5 Å². The van der Waals surface area contributed by atoms with Crippen LogP contribution in [0.5, 0.6) is 5.75 Å². The van der Waals surface area contributed by atoms with Gasteiger partial charge in [0.1, 0.15) is 11.9 Å². The summed E-state index contributed by atoms with van der Waals surface area (Å²) < 4.78 is 17.3. The van der Waals surface area contributed by atoms with Gasteiger partial charge in [-0.3, -0.25) is 14.4 Å². The second kappa shape index (κ2) is 8.99. The van der Waals surface area contributed by atoms with E-state index in [-0.39, 0.29) is 47.6 Å². The summed E-state index contributed by atoms with van der Waals surface area (Å²) in [7, 11) is 0. The number of benzene rings is 1. The number of amides is 2. The van der Waals surface area contributed by atoms with Gasteiger partial charge in [0.05, 0.1) is 23.6 Å². The van der Waals surface area contributed by atoms with Crippen molar-refractivity contribution < 1.29 is 28.6 Å². The quantitative estimate of drug-likeness (QED) is 0.633. The molecule has 3 aliphatic heterocycles. The molecular formula is C24H27ClN2O6. The summed E-state index contributed by atoms with van der Waals surface area (Å²) in [6, 6.07) is 6.45. The molecule has 2 N–H and O–H groups in total. The van der Waals surface area contributed by atoms with Crippen LogP contribution in [0.2, 0.25) is 0 Å². The lowest BCUT2D eigenvalue weighted by Gasteiger charge is -2.37. The van der Waals surface area contributed by atoms with Crippen LogP contribution < -0.4 is 10.5 Å². The highest BCUT2D eigenvalue weighted by molar-refractivity contribution is 6.21. The minimum Gasteiger partial charge on any atom is -0.484 e. The molecule has 0 aromatic heterocycles. The van der Waals surface area contributed by atoms with Gasteiger partial charge in [0.15, 0.2) is 18.1 Å². The zero-order chi connectivity index (χ0) is 23.1. The van der Waals surface area contributed by atoms with Gasteiger partial charge in [-0.1, -0.05) is 12.1 Å². The number of Topliss-reactive ketones (excluding diaryl/α,β-unsaturated/α-hetero) is 1. The van der Waals surface area contributed by atoms with Gasteiger partial charge in [0.25, 0.3) is 11.8 Å². The smallest absolute Gasteiger partial charge is 0.290 e. The number of alkyl halides is 1. The highest BCUT2D eigenvalue weighted by Crippen LogP contribution is 2.47. The largest absolute Gasteiger partial charge is 0.484 e. The molecule has 0 spiro atoms. The van der Waals surface area contributed by atoms with E-state index in [1.54, 1.807) is 29.2 Å². The van der Waals surface area contributed by atoms with Crippen molar-refractivity contribution >= 4 is 29.2 Å². The Bertz CT molecular complexity index is 987. The van der Waals surface area contributed by atoms with E-state index in [4.69, 9.17) is 31.5 Å². The number of ketones is 1. The summed E-state index contributed by atoms with van der Waals surface area (Å²) in [5, 5.41) is -0.0683. The van der Waals surface area contributed by atoms with Crippen LogP contribution in [-0.4, -0.2) is 59.8 Å². The number of fused-ring (bicyclic) bond motifs is 1. The van der Waals surface area contributed by atoms with Gasteiger partial charge in [-0.25, -0.2) is 0 Å². The van der Waals surface area contributed by atoms with Gasteiger partial charge in [-0.05, 0) is 49.8 Å². The molecule has 1 saturated heterocycles. The first-order chi connectivity index (χ1) is 15.9. The first-order valence-corrected chi connectivity index (χ1v) is 11.9. The lowest BCUT2D eigenvalue weighted by Crippen LogP contribution is -2.41. The number of carbonyl (C=O) groups is 3. The van der Waals surface area contributed by atoms with Crippen molar-refractivity contribution in [2.75, 3.05) is 19.8 Å². The Morgan fingerprint density at radius 2 is 1.97 bits per heavy atom. The Morgan fingerprint density at radius 1 is 1.18 bits per heavy atom. The number of ether oxygens (including phenoxy) is 3. The number of nitrogens with two attached hydrogens (primary N) is 1. The fraction of sp³-hybridized carbons (Fsp3) is 0.542. The SMILES string of the molecule is NC(=O)COc1ccc(C2C3=C(OC4CCC(Cl)CC4C3=O)C(=O)N2CC2CCCO2)cc1. The molecule has 1 aromatic rings. The summed E-state index contributed by atoms with van der Waals surface area (Å²) in [5.41, 5.74) is 6.33. The van der Waals surface area contributed by atoms with E-state index in [1.165, 1.54) is 0 Å². The van der Waals surface area contributed by atoms with Crippen LogP contribution in [-0.2, 0) is 23.9 Å². The number of nitrogens with zero attached hydrogens (tertiary/aromatic N) is 1. The molecule has 176 valence electrons. The van der Waals surface area contributed by atoms with Crippen LogP contribution in [0, 0.1) is 5.92 Å². The van der Waals surface area contributed by atoms with Gasteiger partial charge in [-0.15, -0.1) is 11.6 Å². The number of hydrogen-bond acceptors (Lipinski definition) is 6. The third-order valence-electron chi connectivity index (χ3n) is 6.88. The van der Waals surface area contributed by atoms with Crippen molar-refractivity contribution in [2.24, 2.45) is 11.7 Å². The molecule has 0 radical (unpaired) electrons. The minimum atomic E-state index is -0.567. The number of halogens is 1. The molecule has 9 heteroatoms. The molecule has 33 heavy (non-hydrogen) atoms. The third kappa shape index (κ3) is 4.22. The predicted octanol–water partition coefficient (Wildman–Crippen LogP) is 2.24. The predicted molar refractivity (Wildman–Crippen MR) is 118 cm³/mol. The lowest BCUT2D eigenvalue weighted by atomic mass is 9.77. The molecule has 1 saturated carbocycles. The van der Waals surface area contributed by atoms with Crippen molar-refractivity contribution in [3.05, 3.63) is 41.2 Å². The van der Waals surface area contributed by atoms with E-state index < -0.39 is 11.9 Å². The van der Waals surface area contributed by atoms with Crippen molar-refractivity contribution in [3.8, 4) is 5.75 Å². The highest BCUT2D eigenvalue weighted by Gasteiger charge is 2.53. The topological polar surface area (TPSA) is 108 Å². The van der Waals surface area contributed by atoms with Crippen molar-refractivity contribution in [3.63, 3.8) is 0 Å². The average Bonchev–Trinajstić information content (AvgIpc) is 3.41. The summed E-state index contributed by atoms with van der Waals surface area (Å²) in [6.45, 7) is 0.838. The molecule has 0 bridgehead atoms. The summed E-state index contributed by atoms with van der Waals surface area (Å²) >= 11 is 6.37. The maximum atomic E-state index is 13.7. The molecule has 5 atom stereocenters. The Balaban J connectivity index is 1.48. The van der Waals surface area contributed by atoms with Crippen LogP contribution in [0.1, 0.15) is 43.7 Å². The maximum absolute atomic E-state index is 13.7. The maximum Gasteiger partial charge on any atom is 0.290 e. The van der Waals surface area contributed by atoms with Crippen molar-refractivity contribution in [2.45, 2.75) is 55.7 Å². The van der Waals surface area contributed by atoms with E-state index in [9.17, 15) is 14.4 Å². The van der Waals surface area contributed by atoms with Crippen LogP contribution in [0.3, 0.4) is 0 Å². The minimum absolute atomic E-state index is 0.0474. The number of rotatable bonds is 6. The monoisotopic (exact) mass is 474 g/mol. The van der Waals surface area contributed by atoms with Gasteiger partial charge < -0.3 is 24.8 Å². The number of hydrogen-bond donors (Lipinski definition) is 1. The molecular weight excluding hydrogens is 448 g/mol.